The maximum Gasteiger partial charge on any atom is 0.341 e. The molecule has 98 valence electrons. The maximum atomic E-state index is 13.1. The predicted molar refractivity (Wildman–Crippen MR) is 70.9 cm³/mol. The normalized spacial score (nSPS) is 10.4. The average molecular weight is 326 g/mol. The molecule has 0 fully saturated rings. The number of hydrogen-bond acceptors (Lipinski definition) is 2. The van der Waals surface area contributed by atoms with Crippen LogP contribution in [0.25, 0.3) is 0 Å². The third kappa shape index (κ3) is 2.90. The average Bonchev–Trinajstić information content (AvgIpc) is 2.36. The van der Waals surface area contributed by atoms with Gasteiger partial charge in [0.05, 0.1) is 11.0 Å². The Balaban J connectivity index is 2.38. The Morgan fingerprint density at radius 1 is 1.37 bits per heavy atom. The molecular formula is C13H9BrFNO3. The molecule has 2 rings (SSSR count). The number of aromatic carboxylic acids is 1. The zero-order valence-electron chi connectivity index (χ0n) is 9.64. The third-order valence-corrected chi connectivity index (χ3v) is 3.20. The first-order chi connectivity index (χ1) is 8.99. The second kappa shape index (κ2) is 5.36. The third-order valence-electron chi connectivity index (χ3n) is 2.59. The van der Waals surface area contributed by atoms with Gasteiger partial charge in [-0.2, -0.15) is 0 Å². The molecule has 0 unspecified atom stereocenters. The van der Waals surface area contributed by atoms with E-state index in [4.69, 9.17) is 5.11 Å². The van der Waals surface area contributed by atoms with E-state index in [1.54, 1.807) is 12.1 Å². The summed E-state index contributed by atoms with van der Waals surface area (Å²) in [5.41, 5.74) is -0.183. The van der Waals surface area contributed by atoms with Crippen molar-refractivity contribution in [2.45, 2.75) is 6.54 Å². The highest BCUT2D eigenvalue weighted by atomic mass is 79.9. The topological polar surface area (TPSA) is 59.3 Å². The molecule has 0 saturated heterocycles. The molecule has 1 aromatic carbocycles. The van der Waals surface area contributed by atoms with Crippen LogP contribution in [-0.2, 0) is 6.54 Å². The summed E-state index contributed by atoms with van der Waals surface area (Å²) in [7, 11) is 0. The smallest absolute Gasteiger partial charge is 0.341 e. The summed E-state index contributed by atoms with van der Waals surface area (Å²) in [6, 6.07) is 7.12. The Labute approximate surface area is 116 Å². The molecule has 6 heteroatoms. The van der Waals surface area contributed by atoms with E-state index < -0.39 is 17.3 Å². The minimum atomic E-state index is -1.26. The number of nitrogens with zero attached hydrogens (tertiary/aromatic N) is 1. The van der Waals surface area contributed by atoms with E-state index in [1.807, 2.05) is 0 Å². The predicted octanol–water partition coefficient (Wildman–Crippen LogP) is 2.50. The molecule has 0 saturated carbocycles. The summed E-state index contributed by atoms with van der Waals surface area (Å²) in [4.78, 5) is 22.7. The number of halogens is 2. The number of hydrogen-bond donors (Lipinski definition) is 1. The fraction of sp³-hybridized carbons (Fsp3) is 0.0769. The zero-order chi connectivity index (χ0) is 14.0. The van der Waals surface area contributed by atoms with Crippen molar-refractivity contribution < 1.29 is 14.3 Å². The van der Waals surface area contributed by atoms with Gasteiger partial charge in [-0.1, -0.05) is 6.07 Å². The Morgan fingerprint density at radius 2 is 2.11 bits per heavy atom. The number of rotatable bonds is 3. The van der Waals surface area contributed by atoms with Crippen LogP contribution in [-0.4, -0.2) is 15.6 Å². The number of carboxylic acid groups (broad SMARTS) is 1. The van der Waals surface area contributed by atoms with E-state index in [-0.39, 0.29) is 12.1 Å². The van der Waals surface area contributed by atoms with Gasteiger partial charge in [0.1, 0.15) is 11.4 Å². The second-order valence-corrected chi connectivity index (χ2v) is 4.76. The largest absolute Gasteiger partial charge is 0.477 e. The monoisotopic (exact) mass is 325 g/mol. The summed E-state index contributed by atoms with van der Waals surface area (Å²) in [6.45, 7) is 0.179. The lowest BCUT2D eigenvalue weighted by atomic mass is 10.2. The summed E-state index contributed by atoms with van der Waals surface area (Å²) in [5, 5.41) is 8.87. The van der Waals surface area contributed by atoms with Gasteiger partial charge in [-0.25, -0.2) is 9.18 Å². The van der Waals surface area contributed by atoms with Crippen molar-refractivity contribution in [2.24, 2.45) is 0 Å². The van der Waals surface area contributed by atoms with Gasteiger partial charge in [-0.05, 0) is 45.8 Å². The fourth-order valence-electron chi connectivity index (χ4n) is 1.66. The van der Waals surface area contributed by atoms with Crippen LogP contribution in [0.15, 0.2) is 45.8 Å². The molecule has 19 heavy (non-hydrogen) atoms. The number of carboxylic acids is 1. The SMILES string of the molecule is O=C(O)c1cccn(Cc2ccc(F)c(Br)c2)c1=O. The van der Waals surface area contributed by atoms with Gasteiger partial charge >= 0.3 is 5.97 Å². The molecule has 0 bridgehead atoms. The lowest BCUT2D eigenvalue weighted by Crippen LogP contribution is -2.25. The molecule has 0 atom stereocenters. The second-order valence-electron chi connectivity index (χ2n) is 3.91. The summed E-state index contributed by atoms with van der Waals surface area (Å²) >= 11 is 3.06. The molecule has 0 aliphatic rings. The van der Waals surface area contributed by atoms with Crippen molar-refractivity contribution in [3.05, 3.63) is 68.3 Å². The van der Waals surface area contributed by atoms with Crippen LogP contribution in [0.5, 0.6) is 0 Å². The van der Waals surface area contributed by atoms with E-state index in [1.165, 1.54) is 29.0 Å². The van der Waals surface area contributed by atoms with Crippen LogP contribution in [0.2, 0.25) is 0 Å². The number of aromatic nitrogens is 1. The molecule has 1 aromatic heterocycles. The lowest BCUT2D eigenvalue weighted by molar-refractivity contribution is 0.0694. The molecule has 0 amide bonds. The Morgan fingerprint density at radius 3 is 2.74 bits per heavy atom. The Kier molecular flexibility index (Phi) is 3.80. The van der Waals surface area contributed by atoms with Crippen LogP contribution >= 0.6 is 15.9 Å². The quantitative estimate of drug-likeness (QED) is 0.943. The molecule has 1 N–H and O–H groups in total. The highest BCUT2D eigenvalue weighted by Crippen LogP contribution is 2.17. The molecule has 4 nitrogen and oxygen atoms in total. The fourth-order valence-corrected chi connectivity index (χ4v) is 2.09. The van der Waals surface area contributed by atoms with Crippen molar-refractivity contribution in [3.8, 4) is 0 Å². The van der Waals surface area contributed by atoms with Gasteiger partial charge in [0.2, 0.25) is 0 Å². The number of pyridine rings is 1. The first-order valence-corrected chi connectivity index (χ1v) is 6.15. The van der Waals surface area contributed by atoms with Gasteiger partial charge in [-0.3, -0.25) is 4.79 Å². The van der Waals surface area contributed by atoms with Crippen molar-refractivity contribution in [2.75, 3.05) is 0 Å². The highest BCUT2D eigenvalue weighted by molar-refractivity contribution is 9.10. The maximum absolute atomic E-state index is 13.1. The molecule has 2 aromatic rings. The minimum Gasteiger partial charge on any atom is -0.477 e. The van der Waals surface area contributed by atoms with Crippen LogP contribution < -0.4 is 5.56 Å². The van der Waals surface area contributed by atoms with Crippen molar-refractivity contribution in [1.82, 2.24) is 4.57 Å². The van der Waals surface area contributed by atoms with Gasteiger partial charge in [0.25, 0.3) is 5.56 Å². The van der Waals surface area contributed by atoms with Crippen LogP contribution in [0, 0.1) is 5.82 Å². The summed E-state index contributed by atoms with van der Waals surface area (Å²) < 4.78 is 14.7. The van der Waals surface area contributed by atoms with Gasteiger partial charge < -0.3 is 9.67 Å². The van der Waals surface area contributed by atoms with E-state index >= 15 is 0 Å². The molecule has 0 spiro atoms. The van der Waals surface area contributed by atoms with Crippen molar-refractivity contribution in [1.29, 1.82) is 0 Å². The van der Waals surface area contributed by atoms with Gasteiger partial charge in [0, 0.05) is 6.20 Å². The lowest BCUT2D eigenvalue weighted by Gasteiger charge is -2.07. The van der Waals surface area contributed by atoms with E-state index in [0.29, 0.717) is 10.0 Å². The van der Waals surface area contributed by atoms with E-state index in [9.17, 15) is 14.0 Å². The zero-order valence-corrected chi connectivity index (χ0v) is 11.2. The molecule has 0 aliphatic heterocycles. The Bertz CT molecular complexity index is 697. The van der Waals surface area contributed by atoms with Crippen LogP contribution in [0.1, 0.15) is 15.9 Å². The van der Waals surface area contributed by atoms with Gasteiger partial charge in [-0.15, -0.1) is 0 Å². The summed E-state index contributed by atoms with van der Waals surface area (Å²) in [6.07, 6.45) is 1.49. The Hall–Kier alpha value is -1.95. The number of carbonyl (C=O) groups is 1. The molecule has 0 aliphatic carbocycles. The molecule has 0 radical (unpaired) electrons. The number of benzene rings is 1. The van der Waals surface area contributed by atoms with Crippen LogP contribution in [0.4, 0.5) is 4.39 Å². The molecule has 1 heterocycles. The van der Waals surface area contributed by atoms with Gasteiger partial charge in [0.15, 0.2) is 0 Å². The first-order valence-electron chi connectivity index (χ1n) is 5.35. The van der Waals surface area contributed by atoms with Crippen molar-refractivity contribution in [3.63, 3.8) is 0 Å². The van der Waals surface area contributed by atoms with Crippen molar-refractivity contribution >= 4 is 21.9 Å². The highest BCUT2D eigenvalue weighted by Gasteiger charge is 2.10. The molecular weight excluding hydrogens is 317 g/mol. The van der Waals surface area contributed by atoms with E-state index in [2.05, 4.69) is 15.9 Å². The first kappa shape index (κ1) is 13.5. The standard InChI is InChI=1S/C13H9BrFNO3/c14-10-6-8(3-4-11(10)15)7-16-5-1-2-9(12(16)17)13(18)19/h1-6H,7H2,(H,18,19). The minimum absolute atomic E-state index is 0.179. The van der Waals surface area contributed by atoms with Crippen LogP contribution in [0.3, 0.4) is 0 Å². The van der Waals surface area contributed by atoms with E-state index in [0.717, 1.165) is 0 Å². The summed E-state index contributed by atoms with van der Waals surface area (Å²) in [5.74, 6) is -1.66.